The summed E-state index contributed by atoms with van der Waals surface area (Å²) in [6.45, 7) is 2.71. The van der Waals surface area contributed by atoms with E-state index in [9.17, 15) is 24.3 Å². The third-order valence-corrected chi connectivity index (χ3v) is 6.50. The monoisotopic (exact) mass is 497 g/mol. The Kier molecular flexibility index (Phi) is 9.70. The molecular formula is C26H35N5O5. The van der Waals surface area contributed by atoms with Crippen LogP contribution in [-0.4, -0.2) is 87.1 Å². The molecule has 0 aromatic heterocycles. The van der Waals surface area contributed by atoms with Gasteiger partial charge in [0.05, 0.1) is 26.1 Å². The summed E-state index contributed by atoms with van der Waals surface area (Å²) in [6, 6.07) is 7.74. The number of carbonyl (C=O) groups excluding carboxylic acids is 3. The highest BCUT2D eigenvalue weighted by atomic mass is 16.4. The fourth-order valence-corrected chi connectivity index (χ4v) is 4.76. The molecule has 0 aliphatic carbocycles. The molecule has 10 heteroatoms. The number of carboxylic acids is 1. The number of piperazine rings is 1. The number of nitrogens with one attached hydrogen (secondary N) is 1. The van der Waals surface area contributed by atoms with Crippen molar-refractivity contribution in [2.45, 2.75) is 64.2 Å². The number of hydrogen-bond donors (Lipinski definition) is 2. The molecule has 1 aromatic carbocycles. The molecule has 10 nitrogen and oxygen atoms in total. The van der Waals surface area contributed by atoms with Crippen molar-refractivity contribution in [1.82, 2.24) is 25.1 Å². The molecule has 2 heterocycles. The topological polar surface area (TPSA) is 114 Å². The molecule has 36 heavy (non-hydrogen) atoms. The largest absolute Gasteiger partial charge is 0.481 e. The van der Waals surface area contributed by atoms with Crippen LogP contribution in [0.25, 0.3) is 0 Å². The van der Waals surface area contributed by atoms with E-state index in [-0.39, 0.29) is 26.2 Å². The van der Waals surface area contributed by atoms with Gasteiger partial charge < -0.3 is 20.2 Å². The van der Waals surface area contributed by atoms with Crippen LogP contribution in [0.2, 0.25) is 0 Å². The van der Waals surface area contributed by atoms with Crippen LogP contribution in [0.1, 0.15) is 51.0 Å². The van der Waals surface area contributed by atoms with Crippen molar-refractivity contribution in [2.75, 3.05) is 26.2 Å². The molecule has 4 amide bonds. The van der Waals surface area contributed by atoms with E-state index >= 15 is 0 Å². The number of aliphatic carboxylic acids is 1. The lowest BCUT2D eigenvalue weighted by molar-refractivity contribution is -0.190. The number of fused-ring (bicyclic) bond motifs is 1. The smallest absolute Gasteiger partial charge is 0.334 e. The van der Waals surface area contributed by atoms with Crippen LogP contribution in [0.15, 0.2) is 30.3 Å². The van der Waals surface area contributed by atoms with Crippen molar-refractivity contribution in [3.63, 3.8) is 0 Å². The fraction of sp³-hybridized carbons (Fsp3) is 0.538. The van der Waals surface area contributed by atoms with Gasteiger partial charge in [-0.25, -0.2) is 9.80 Å². The molecule has 0 unspecified atom stereocenters. The van der Waals surface area contributed by atoms with Gasteiger partial charge in [0, 0.05) is 13.1 Å². The first-order chi connectivity index (χ1) is 17.4. The number of carbonyl (C=O) groups is 4. The maximum Gasteiger partial charge on any atom is 0.334 e. The summed E-state index contributed by atoms with van der Waals surface area (Å²) in [5.41, 5.74) is 0.899. The minimum atomic E-state index is -1.18. The van der Waals surface area contributed by atoms with Crippen molar-refractivity contribution in [3.05, 3.63) is 35.9 Å². The maximum absolute atomic E-state index is 13.4. The van der Waals surface area contributed by atoms with Crippen LogP contribution >= 0.6 is 0 Å². The highest BCUT2D eigenvalue weighted by molar-refractivity contribution is 5.93. The molecule has 0 spiro atoms. The summed E-state index contributed by atoms with van der Waals surface area (Å²) in [4.78, 5) is 54.3. The van der Waals surface area contributed by atoms with Gasteiger partial charge in [-0.3, -0.25) is 14.4 Å². The Morgan fingerprint density at radius 3 is 2.53 bits per heavy atom. The quantitative estimate of drug-likeness (QED) is 0.357. The molecule has 2 atom stereocenters. The zero-order valence-corrected chi connectivity index (χ0v) is 20.8. The van der Waals surface area contributed by atoms with Gasteiger partial charge in [-0.2, -0.15) is 5.01 Å². The van der Waals surface area contributed by atoms with Gasteiger partial charge in [0.25, 0.3) is 0 Å². The first kappa shape index (κ1) is 27.0. The van der Waals surface area contributed by atoms with Crippen molar-refractivity contribution in [1.29, 1.82) is 0 Å². The number of urea groups is 1. The van der Waals surface area contributed by atoms with Gasteiger partial charge in [-0.15, -0.1) is 6.42 Å². The second-order valence-corrected chi connectivity index (χ2v) is 9.11. The lowest BCUT2D eigenvalue weighted by atomic mass is 10.0. The molecule has 2 fully saturated rings. The molecular weight excluding hydrogens is 462 g/mol. The van der Waals surface area contributed by atoms with Gasteiger partial charge in [-0.05, 0) is 12.0 Å². The Balaban J connectivity index is 1.86. The average molecular weight is 498 g/mol. The zero-order chi connectivity index (χ0) is 26.1. The third-order valence-electron chi connectivity index (χ3n) is 6.50. The fourth-order valence-electron chi connectivity index (χ4n) is 4.76. The molecule has 0 saturated carbocycles. The van der Waals surface area contributed by atoms with E-state index in [1.165, 1.54) is 14.9 Å². The number of nitrogens with zero attached hydrogens (tertiary/aromatic N) is 4. The normalized spacial score (nSPS) is 20.2. The Morgan fingerprint density at radius 1 is 1.14 bits per heavy atom. The van der Waals surface area contributed by atoms with Gasteiger partial charge in [0.2, 0.25) is 11.8 Å². The first-order valence-corrected chi connectivity index (χ1v) is 12.5. The number of amides is 4. The highest BCUT2D eigenvalue weighted by Gasteiger charge is 2.51. The number of benzene rings is 1. The second-order valence-electron chi connectivity index (χ2n) is 9.11. The van der Waals surface area contributed by atoms with Crippen molar-refractivity contribution < 1.29 is 24.3 Å². The molecule has 0 bridgehead atoms. The number of hydrogen-bond acceptors (Lipinski definition) is 5. The van der Waals surface area contributed by atoms with E-state index in [1.807, 2.05) is 30.3 Å². The first-order valence-electron chi connectivity index (χ1n) is 12.5. The predicted octanol–water partition coefficient (Wildman–Crippen LogP) is 1.87. The van der Waals surface area contributed by atoms with E-state index in [0.717, 1.165) is 37.7 Å². The Labute approximate surface area is 212 Å². The van der Waals surface area contributed by atoms with Crippen molar-refractivity contribution >= 4 is 23.8 Å². The molecule has 2 aliphatic rings. The molecule has 2 aliphatic heterocycles. The summed E-state index contributed by atoms with van der Waals surface area (Å²) < 4.78 is 0. The van der Waals surface area contributed by atoms with Crippen LogP contribution in [0.5, 0.6) is 0 Å². The predicted molar refractivity (Wildman–Crippen MR) is 133 cm³/mol. The molecule has 3 rings (SSSR count). The average Bonchev–Trinajstić information content (AvgIpc) is 2.85. The molecule has 2 saturated heterocycles. The third kappa shape index (κ3) is 6.55. The number of terminal acetylenes is 1. The summed E-state index contributed by atoms with van der Waals surface area (Å²) in [5, 5.41) is 15.2. The van der Waals surface area contributed by atoms with E-state index < -0.39 is 42.4 Å². The lowest BCUT2D eigenvalue weighted by Crippen LogP contribution is -2.76. The summed E-state index contributed by atoms with van der Waals surface area (Å²) in [6.07, 6.45) is 9.12. The van der Waals surface area contributed by atoms with Crippen LogP contribution in [0.3, 0.4) is 0 Å². The molecule has 1 aromatic rings. The van der Waals surface area contributed by atoms with Crippen molar-refractivity contribution in [2.24, 2.45) is 0 Å². The Hall–Kier alpha value is -3.58. The van der Waals surface area contributed by atoms with Crippen LogP contribution in [0.4, 0.5) is 4.79 Å². The van der Waals surface area contributed by atoms with Gasteiger partial charge in [-0.1, -0.05) is 68.9 Å². The number of hydrazine groups is 1. The van der Waals surface area contributed by atoms with E-state index in [0.29, 0.717) is 6.54 Å². The van der Waals surface area contributed by atoms with Crippen LogP contribution < -0.4 is 5.32 Å². The summed E-state index contributed by atoms with van der Waals surface area (Å²) in [5.74, 6) is 0.482. The summed E-state index contributed by atoms with van der Waals surface area (Å²) >= 11 is 0. The minimum absolute atomic E-state index is 0.0173. The SMILES string of the molecule is C#CCN1CC(=O)N2[C@@H](CC(=O)O)C(=O)N(CCCCCCC)C[C@@H]2N1C(=O)NCc1ccccc1. The van der Waals surface area contributed by atoms with Crippen LogP contribution in [0, 0.1) is 12.3 Å². The van der Waals surface area contributed by atoms with Gasteiger partial charge in [0.1, 0.15) is 12.2 Å². The van der Waals surface area contributed by atoms with E-state index in [4.69, 9.17) is 6.42 Å². The molecule has 0 radical (unpaired) electrons. The van der Waals surface area contributed by atoms with Gasteiger partial charge in [0.15, 0.2) is 0 Å². The minimum Gasteiger partial charge on any atom is -0.481 e. The van der Waals surface area contributed by atoms with E-state index in [1.54, 1.807) is 4.90 Å². The van der Waals surface area contributed by atoms with Crippen LogP contribution in [-0.2, 0) is 20.9 Å². The van der Waals surface area contributed by atoms with Crippen molar-refractivity contribution in [3.8, 4) is 12.3 Å². The van der Waals surface area contributed by atoms with Gasteiger partial charge >= 0.3 is 12.0 Å². The standard InChI is InChI=1S/C26H35N5O5/c1-3-5-6-7-11-15-28-18-22-30(21(25(28)35)16-24(33)34)23(32)19-29(14-4-2)31(22)26(36)27-17-20-12-9-8-10-13-20/h2,8-10,12-13,21-22H,3,5-7,11,14-19H2,1H3,(H,27,36)(H,33,34)/t21-,22-/m0/s1. The zero-order valence-electron chi connectivity index (χ0n) is 20.8. The number of carboxylic acid groups (broad SMARTS) is 1. The second kappa shape index (κ2) is 12.9. The molecule has 194 valence electrons. The summed E-state index contributed by atoms with van der Waals surface area (Å²) in [7, 11) is 0. The van der Waals surface area contributed by atoms with E-state index in [2.05, 4.69) is 18.2 Å². The molecule has 2 N–H and O–H groups in total. The highest BCUT2D eigenvalue weighted by Crippen LogP contribution is 2.28. The maximum atomic E-state index is 13.4. The number of rotatable bonds is 11. The lowest BCUT2D eigenvalue weighted by Gasteiger charge is -2.54. The number of unbranched alkanes of at least 4 members (excludes halogenated alkanes) is 4. The Bertz CT molecular complexity index is 979. The Morgan fingerprint density at radius 2 is 1.86 bits per heavy atom.